The lowest BCUT2D eigenvalue weighted by atomic mass is 10.1. The summed E-state index contributed by atoms with van der Waals surface area (Å²) in [6.07, 6.45) is -0.385. The smallest absolute Gasteiger partial charge is 0.410 e. The molecule has 0 N–H and O–H groups in total. The van der Waals surface area contributed by atoms with Gasteiger partial charge in [-0.3, -0.25) is 4.90 Å². The highest BCUT2D eigenvalue weighted by atomic mass is 127. The van der Waals surface area contributed by atoms with Crippen LogP contribution in [0.1, 0.15) is 26.3 Å². The number of carbonyl (C=O) groups is 1. The van der Waals surface area contributed by atoms with E-state index in [0.29, 0.717) is 19.6 Å². The third kappa shape index (κ3) is 3.87. The second-order valence-corrected chi connectivity index (χ2v) is 8.88. The Morgan fingerprint density at radius 2 is 2.00 bits per heavy atom. The maximum Gasteiger partial charge on any atom is 0.410 e. The summed E-state index contributed by atoms with van der Waals surface area (Å²) < 4.78 is 39.6. The number of carbonyl (C=O) groups excluding carboxylic acids is 1. The van der Waals surface area contributed by atoms with Crippen LogP contribution in [0.5, 0.6) is 5.75 Å². The molecule has 144 valence electrons. The number of hydrogen-bond donors (Lipinski definition) is 0. The number of benzene rings is 1. The van der Waals surface area contributed by atoms with E-state index >= 15 is 0 Å². The molecule has 0 bridgehead atoms. The van der Waals surface area contributed by atoms with Gasteiger partial charge in [-0.05, 0) is 43.4 Å². The SMILES string of the molecule is CC(C)(C)OC(=O)N1CCN2Cc3c(F)c(F)c(I)c(Cl)c3OC[C@H]2C1. The fourth-order valence-corrected chi connectivity index (χ4v) is 3.82. The summed E-state index contributed by atoms with van der Waals surface area (Å²) in [4.78, 5) is 15.9. The highest BCUT2D eigenvalue weighted by molar-refractivity contribution is 14.1. The molecule has 3 rings (SSSR count). The Hall–Kier alpha value is -0.870. The molecule has 1 fully saturated rings. The highest BCUT2D eigenvalue weighted by Crippen LogP contribution is 2.40. The Morgan fingerprint density at radius 3 is 2.65 bits per heavy atom. The molecule has 0 saturated carbocycles. The summed E-state index contributed by atoms with van der Waals surface area (Å²) in [5.74, 6) is -1.69. The van der Waals surface area contributed by atoms with Crippen molar-refractivity contribution in [2.45, 2.75) is 39.0 Å². The monoisotopic (exact) mass is 500 g/mol. The number of halogens is 4. The third-order valence-electron chi connectivity index (χ3n) is 4.35. The average molecular weight is 501 g/mol. The lowest BCUT2D eigenvalue weighted by molar-refractivity contribution is -0.00164. The van der Waals surface area contributed by atoms with Gasteiger partial charge in [0.1, 0.15) is 18.0 Å². The topological polar surface area (TPSA) is 42.0 Å². The molecule has 2 aliphatic heterocycles. The minimum absolute atomic E-state index is 0.00997. The van der Waals surface area contributed by atoms with Crippen molar-refractivity contribution in [2.24, 2.45) is 0 Å². The normalized spacial score (nSPS) is 20.7. The summed E-state index contributed by atoms with van der Waals surface area (Å²) in [5, 5.41) is 0.0864. The molecule has 1 aromatic carbocycles. The Bertz CT molecular complexity index is 742. The van der Waals surface area contributed by atoms with E-state index in [1.54, 1.807) is 27.5 Å². The van der Waals surface area contributed by atoms with Crippen LogP contribution in [0.3, 0.4) is 0 Å². The maximum atomic E-state index is 14.4. The molecule has 1 aromatic rings. The van der Waals surface area contributed by atoms with Crippen LogP contribution in [0, 0.1) is 15.2 Å². The van der Waals surface area contributed by atoms with Crippen LogP contribution >= 0.6 is 34.2 Å². The van der Waals surface area contributed by atoms with E-state index in [0.717, 1.165) is 0 Å². The number of amides is 1. The molecule has 2 aliphatic rings. The van der Waals surface area contributed by atoms with Crippen molar-refractivity contribution >= 4 is 40.3 Å². The minimum Gasteiger partial charge on any atom is -0.490 e. The van der Waals surface area contributed by atoms with Crippen LogP contribution < -0.4 is 4.74 Å². The lowest BCUT2D eigenvalue weighted by Crippen LogP contribution is -2.56. The van der Waals surface area contributed by atoms with Gasteiger partial charge in [0.2, 0.25) is 0 Å². The van der Waals surface area contributed by atoms with Crippen LogP contribution in [0.25, 0.3) is 0 Å². The number of fused-ring (bicyclic) bond motifs is 2. The summed E-state index contributed by atoms with van der Waals surface area (Å²) in [6, 6.07) is -0.153. The van der Waals surface area contributed by atoms with Gasteiger partial charge in [-0.25, -0.2) is 13.6 Å². The molecule has 1 amide bonds. The molecule has 1 atom stereocenters. The van der Waals surface area contributed by atoms with Gasteiger partial charge in [0.25, 0.3) is 0 Å². The largest absolute Gasteiger partial charge is 0.490 e. The summed E-state index contributed by atoms with van der Waals surface area (Å²) in [6.45, 7) is 7.20. The molecule has 0 aliphatic carbocycles. The van der Waals surface area contributed by atoms with E-state index in [1.165, 1.54) is 0 Å². The molecule has 1 saturated heterocycles. The third-order valence-corrected chi connectivity index (χ3v) is 6.05. The minimum atomic E-state index is -0.955. The zero-order chi connectivity index (χ0) is 19.2. The van der Waals surface area contributed by atoms with Crippen molar-refractivity contribution in [3.63, 3.8) is 0 Å². The van der Waals surface area contributed by atoms with E-state index in [9.17, 15) is 13.6 Å². The van der Waals surface area contributed by atoms with E-state index in [1.807, 2.05) is 25.7 Å². The molecule has 26 heavy (non-hydrogen) atoms. The number of hydrogen-bond acceptors (Lipinski definition) is 4. The van der Waals surface area contributed by atoms with Crippen molar-refractivity contribution in [2.75, 3.05) is 26.2 Å². The van der Waals surface area contributed by atoms with Gasteiger partial charge >= 0.3 is 6.09 Å². The molecule has 0 aromatic heterocycles. The number of piperazine rings is 1. The first kappa shape index (κ1) is 19.9. The first-order valence-electron chi connectivity index (χ1n) is 8.28. The van der Waals surface area contributed by atoms with E-state index < -0.39 is 17.2 Å². The van der Waals surface area contributed by atoms with Crippen molar-refractivity contribution in [3.8, 4) is 5.75 Å². The van der Waals surface area contributed by atoms with E-state index in [2.05, 4.69) is 0 Å². The standard InChI is InChI=1S/C17H20ClF2IN2O3/c1-17(2,3)26-16(24)23-5-4-22-7-10-12(19)13(20)14(21)11(18)15(10)25-8-9(22)6-23/h9H,4-8H2,1-3H3/t9-/m1/s1. The van der Waals surface area contributed by atoms with Crippen LogP contribution in [0.2, 0.25) is 5.02 Å². The van der Waals surface area contributed by atoms with Crippen molar-refractivity contribution in [3.05, 3.63) is 25.8 Å². The first-order valence-corrected chi connectivity index (χ1v) is 9.73. The lowest BCUT2D eigenvalue weighted by Gasteiger charge is -2.40. The Labute approximate surface area is 169 Å². The van der Waals surface area contributed by atoms with Gasteiger partial charge in [-0.2, -0.15) is 0 Å². The zero-order valence-electron chi connectivity index (χ0n) is 14.7. The zero-order valence-corrected chi connectivity index (χ0v) is 17.7. The van der Waals surface area contributed by atoms with Crippen molar-refractivity contribution in [1.29, 1.82) is 0 Å². The molecule has 2 heterocycles. The fraction of sp³-hybridized carbons (Fsp3) is 0.588. The number of ether oxygens (including phenoxy) is 2. The summed E-state index contributed by atoms with van der Waals surface area (Å²) in [5.41, 5.74) is -0.448. The average Bonchev–Trinajstić information content (AvgIpc) is 2.75. The number of nitrogens with zero attached hydrogens (tertiary/aromatic N) is 2. The van der Waals surface area contributed by atoms with Crippen molar-refractivity contribution in [1.82, 2.24) is 9.80 Å². The van der Waals surface area contributed by atoms with Crippen LogP contribution in [-0.4, -0.2) is 53.8 Å². The Morgan fingerprint density at radius 1 is 1.31 bits per heavy atom. The van der Waals surface area contributed by atoms with Gasteiger partial charge < -0.3 is 14.4 Å². The Kier molecular flexibility index (Phi) is 5.56. The predicted molar refractivity (Wildman–Crippen MR) is 102 cm³/mol. The van der Waals surface area contributed by atoms with E-state index in [4.69, 9.17) is 21.1 Å². The van der Waals surface area contributed by atoms with Crippen LogP contribution in [0.4, 0.5) is 13.6 Å². The van der Waals surface area contributed by atoms with Crippen molar-refractivity contribution < 1.29 is 23.0 Å². The molecule has 5 nitrogen and oxygen atoms in total. The fourth-order valence-electron chi connectivity index (χ4n) is 3.08. The van der Waals surface area contributed by atoms with Gasteiger partial charge in [0.15, 0.2) is 11.6 Å². The molecule has 0 unspecified atom stereocenters. The summed E-state index contributed by atoms with van der Waals surface area (Å²) in [7, 11) is 0. The van der Waals surface area contributed by atoms with E-state index in [-0.39, 0.29) is 45.2 Å². The van der Waals surface area contributed by atoms with Crippen LogP contribution in [0.15, 0.2) is 0 Å². The molecule has 9 heteroatoms. The predicted octanol–water partition coefficient (Wildman–Crippen LogP) is 4.04. The van der Waals surface area contributed by atoms with Gasteiger partial charge in [0.05, 0.1) is 14.6 Å². The first-order chi connectivity index (χ1) is 12.1. The van der Waals surface area contributed by atoms with Gasteiger partial charge in [-0.1, -0.05) is 11.6 Å². The molecular weight excluding hydrogens is 481 g/mol. The quantitative estimate of drug-likeness (QED) is 0.306. The molecule has 0 spiro atoms. The Balaban J connectivity index is 1.80. The van der Waals surface area contributed by atoms with Gasteiger partial charge in [-0.15, -0.1) is 0 Å². The van der Waals surface area contributed by atoms with Crippen LogP contribution in [-0.2, 0) is 11.3 Å². The maximum absolute atomic E-state index is 14.4. The molecular formula is C17H20ClF2IN2O3. The molecule has 0 radical (unpaired) electrons. The highest BCUT2D eigenvalue weighted by Gasteiger charge is 2.36. The van der Waals surface area contributed by atoms with Gasteiger partial charge in [0, 0.05) is 31.7 Å². The number of rotatable bonds is 0. The second-order valence-electron chi connectivity index (χ2n) is 7.43. The second kappa shape index (κ2) is 7.27. The summed E-state index contributed by atoms with van der Waals surface area (Å²) >= 11 is 7.84.